The molecule has 19 heavy (non-hydrogen) atoms. The zero-order chi connectivity index (χ0) is 14.0. The van der Waals surface area contributed by atoms with Gasteiger partial charge in [-0.25, -0.2) is 8.42 Å². The molecule has 0 aliphatic carbocycles. The molecule has 0 fully saturated rings. The Morgan fingerprint density at radius 3 is 2.74 bits per heavy atom. The summed E-state index contributed by atoms with van der Waals surface area (Å²) >= 11 is 6.08. The van der Waals surface area contributed by atoms with Crippen molar-refractivity contribution in [2.45, 2.75) is 11.4 Å². The van der Waals surface area contributed by atoms with Crippen LogP contribution in [0.2, 0.25) is 5.02 Å². The van der Waals surface area contributed by atoms with E-state index in [1.807, 2.05) is 7.05 Å². The van der Waals surface area contributed by atoms with Gasteiger partial charge in [-0.2, -0.15) is 5.10 Å². The largest absolute Gasteiger partial charge is 0.378 e. The molecule has 1 heterocycles. The summed E-state index contributed by atoms with van der Waals surface area (Å²) in [6, 6.07) is 4.87. The molecule has 1 aromatic heterocycles. The van der Waals surface area contributed by atoms with Gasteiger partial charge in [0.1, 0.15) is 0 Å². The first-order valence-electron chi connectivity index (χ1n) is 5.58. The lowest BCUT2D eigenvalue weighted by Crippen LogP contribution is -2.07. The zero-order valence-electron chi connectivity index (χ0n) is 10.6. The molecule has 5 nitrogen and oxygen atoms in total. The highest BCUT2D eigenvalue weighted by Gasteiger charge is 2.15. The van der Waals surface area contributed by atoms with Crippen molar-refractivity contribution in [3.63, 3.8) is 0 Å². The molecule has 0 atom stereocenters. The van der Waals surface area contributed by atoms with Gasteiger partial charge < -0.3 is 5.32 Å². The third-order valence-corrected chi connectivity index (χ3v) is 4.19. The number of anilines is 1. The lowest BCUT2D eigenvalue weighted by atomic mass is 10.2. The van der Waals surface area contributed by atoms with Crippen LogP contribution in [-0.4, -0.2) is 24.5 Å². The quantitative estimate of drug-likeness (QED) is 0.939. The van der Waals surface area contributed by atoms with E-state index in [0.29, 0.717) is 17.1 Å². The first-order valence-corrected chi connectivity index (χ1v) is 7.85. The Morgan fingerprint density at radius 2 is 2.16 bits per heavy atom. The first kappa shape index (κ1) is 13.9. The molecule has 0 aliphatic rings. The third kappa shape index (κ3) is 3.27. The van der Waals surface area contributed by atoms with E-state index in [0.717, 1.165) is 5.69 Å². The summed E-state index contributed by atoms with van der Waals surface area (Å²) in [4.78, 5) is 0.247. The second-order valence-corrected chi connectivity index (χ2v) is 6.64. The standard InChI is InChI=1S/C12H14ClN3O2S/c1-16-8-9(6-15-16)14-7-10-11(13)4-3-5-12(10)19(2,17)18/h3-6,8,14H,7H2,1-2H3. The molecule has 1 aromatic carbocycles. The maximum Gasteiger partial charge on any atom is 0.175 e. The average molecular weight is 300 g/mol. The van der Waals surface area contributed by atoms with Gasteiger partial charge in [-0.1, -0.05) is 17.7 Å². The molecule has 0 saturated carbocycles. The molecule has 2 aromatic rings. The van der Waals surface area contributed by atoms with Crippen LogP contribution in [0, 0.1) is 0 Å². The minimum Gasteiger partial charge on any atom is -0.378 e. The van der Waals surface area contributed by atoms with E-state index in [2.05, 4.69) is 10.4 Å². The fraction of sp³-hybridized carbons (Fsp3) is 0.250. The predicted octanol–water partition coefficient (Wildman–Crippen LogP) is 2.09. The number of hydrogen-bond donors (Lipinski definition) is 1. The summed E-state index contributed by atoms with van der Waals surface area (Å²) in [5.74, 6) is 0. The van der Waals surface area contributed by atoms with Crippen molar-refractivity contribution in [1.82, 2.24) is 9.78 Å². The van der Waals surface area contributed by atoms with Crippen LogP contribution in [0.4, 0.5) is 5.69 Å². The highest BCUT2D eigenvalue weighted by molar-refractivity contribution is 7.90. The average Bonchev–Trinajstić information content (AvgIpc) is 2.72. The molecule has 0 radical (unpaired) electrons. The first-order chi connectivity index (χ1) is 8.88. The summed E-state index contributed by atoms with van der Waals surface area (Å²) in [5.41, 5.74) is 1.37. The number of benzene rings is 1. The zero-order valence-corrected chi connectivity index (χ0v) is 12.2. The number of hydrogen-bond acceptors (Lipinski definition) is 4. The Kier molecular flexibility index (Phi) is 3.82. The Bertz CT molecular complexity index is 695. The molecule has 0 aliphatic heterocycles. The van der Waals surface area contributed by atoms with Gasteiger partial charge in [0.05, 0.1) is 16.8 Å². The number of aromatic nitrogens is 2. The molecule has 0 amide bonds. The van der Waals surface area contributed by atoms with Crippen molar-refractivity contribution < 1.29 is 8.42 Å². The van der Waals surface area contributed by atoms with Crippen molar-refractivity contribution in [2.24, 2.45) is 7.05 Å². The van der Waals surface area contributed by atoms with Gasteiger partial charge >= 0.3 is 0 Å². The smallest absolute Gasteiger partial charge is 0.175 e. The molecule has 102 valence electrons. The number of halogens is 1. The molecule has 0 unspecified atom stereocenters. The summed E-state index contributed by atoms with van der Waals surface area (Å²) in [6.45, 7) is 0.327. The maximum absolute atomic E-state index is 11.7. The molecule has 7 heteroatoms. The second-order valence-electron chi connectivity index (χ2n) is 4.24. The summed E-state index contributed by atoms with van der Waals surface area (Å²) in [6.07, 6.45) is 4.64. The van der Waals surface area contributed by atoms with E-state index in [1.165, 1.54) is 6.26 Å². The van der Waals surface area contributed by atoms with Crippen molar-refractivity contribution in [1.29, 1.82) is 0 Å². The van der Waals surface area contributed by atoms with Gasteiger partial charge in [0.2, 0.25) is 0 Å². The van der Waals surface area contributed by atoms with E-state index in [4.69, 9.17) is 11.6 Å². The van der Waals surface area contributed by atoms with E-state index in [1.54, 1.807) is 35.3 Å². The highest BCUT2D eigenvalue weighted by atomic mass is 35.5. The highest BCUT2D eigenvalue weighted by Crippen LogP contribution is 2.24. The molecule has 0 bridgehead atoms. The Labute approximate surface area is 117 Å². The summed E-state index contributed by atoms with van der Waals surface area (Å²) < 4.78 is 25.1. The molecule has 2 rings (SSSR count). The summed E-state index contributed by atoms with van der Waals surface area (Å²) in [5, 5.41) is 7.56. The Morgan fingerprint density at radius 1 is 1.42 bits per heavy atom. The van der Waals surface area contributed by atoms with Crippen LogP contribution >= 0.6 is 11.6 Å². The topological polar surface area (TPSA) is 64.0 Å². The van der Waals surface area contributed by atoms with Crippen LogP contribution in [0.1, 0.15) is 5.56 Å². The lowest BCUT2D eigenvalue weighted by Gasteiger charge is -2.10. The third-order valence-electron chi connectivity index (χ3n) is 2.65. The lowest BCUT2D eigenvalue weighted by molar-refractivity contribution is 0.601. The van der Waals surface area contributed by atoms with Gasteiger partial charge in [0, 0.05) is 36.6 Å². The Balaban J connectivity index is 2.29. The maximum atomic E-state index is 11.7. The monoisotopic (exact) mass is 299 g/mol. The number of nitrogens with one attached hydrogen (secondary N) is 1. The van der Waals surface area contributed by atoms with Crippen molar-refractivity contribution in [2.75, 3.05) is 11.6 Å². The summed E-state index contributed by atoms with van der Waals surface area (Å²) in [7, 11) is -1.49. The fourth-order valence-corrected chi connectivity index (χ4v) is 3.01. The number of aryl methyl sites for hydroxylation is 1. The van der Waals surface area contributed by atoms with E-state index in [-0.39, 0.29) is 4.90 Å². The van der Waals surface area contributed by atoms with Crippen LogP contribution in [0.3, 0.4) is 0 Å². The van der Waals surface area contributed by atoms with Crippen molar-refractivity contribution in [3.8, 4) is 0 Å². The molecular weight excluding hydrogens is 286 g/mol. The normalized spacial score (nSPS) is 11.5. The van der Waals surface area contributed by atoms with E-state index < -0.39 is 9.84 Å². The van der Waals surface area contributed by atoms with Gasteiger partial charge in [-0.3, -0.25) is 4.68 Å². The van der Waals surface area contributed by atoms with Gasteiger partial charge in [-0.15, -0.1) is 0 Å². The Hall–Kier alpha value is -1.53. The van der Waals surface area contributed by atoms with E-state index in [9.17, 15) is 8.42 Å². The van der Waals surface area contributed by atoms with Crippen LogP contribution in [-0.2, 0) is 23.4 Å². The molecular formula is C12H14ClN3O2S. The molecule has 0 spiro atoms. The van der Waals surface area contributed by atoms with Crippen LogP contribution in [0.5, 0.6) is 0 Å². The SMILES string of the molecule is Cn1cc(NCc2c(Cl)cccc2S(C)(=O)=O)cn1. The van der Waals surface area contributed by atoms with Crippen LogP contribution in [0.15, 0.2) is 35.5 Å². The fourth-order valence-electron chi connectivity index (χ4n) is 1.76. The number of sulfone groups is 1. The second kappa shape index (κ2) is 5.22. The molecule has 0 saturated heterocycles. The van der Waals surface area contributed by atoms with Crippen LogP contribution < -0.4 is 5.32 Å². The van der Waals surface area contributed by atoms with E-state index >= 15 is 0 Å². The number of rotatable bonds is 4. The van der Waals surface area contributed by atoms with Gasteiger partial charge in [-0.05, 0) is 12.1 Å². The van der Waals surface area contributed by atoms with Crippen molar-refractivity contribution >= 4 is 27.1 Å². The predicted molar refractivity (Wildman–Crippen MR) is 75.1 cm³/mol. The van der Waals surface area contributed by atoms with Crippen molar-refractivity contribution in [3.05, 3.63) is 41.2 Å². The van der Waals surface area contributed by atoms with Gasteiger partial charge in [0.25, 0.3) is 0 Å². The van der Waals surface area contributed by atoms with Crippen LogP contribution in [0.25, 0.3) is 0 Å². The minimum absolute atomic E-state index is 0.247. The number of nitrogens with zero attached hydrogens (tertiary/aromatic N) is 2. The van der Waals surface area contributed by atoms with Gasteiger partial charge in [0.15, 0.2) is 9.84 Å². The minimum atomic E-state index is -3.30. The molecule has 1 N–H and O–H groups in total.